The van der Waals surface area contributed by atoms with Crippen molar-refractivity contribution in [3.63, 3.8) is 0 Å². The molecule has 0 unspecified atom stereocenters. The van der Waals surface area contributed by atoms with Crippen LogP contribution in [0.5, 0.6) is 5.75 Å². The van der Waals surface area contributed by atoms with Gasteiger partial charge in [0.15, 0.2) is 0 Å². The number of aryl methyl sites for hydroxylation is 2. The number of rotatable bonds is 6. The van der Waals surface area contributed by atoms with E-state index >= 15 is 0 Å². The lowest BCUT2D eigenvalue weighted by Gasteiger charge is -2.36. The van der Waals surface area contributed by atoms with Crippen LogP contribution < -0.4 is 9.64 Å². The van der Waals surface area contributed by atoms with Crippen LogP contribution in [0.2, 0.25) is 0 Å². The number of piperazine rings is 1. The van der Waals surface area contributed by atoms with E-state index < -0.39 is 0 Å². The summed E-state index contributed by atoms with van der Waals surface area (Å²) in [7, 11) is 0. The van der Waals surface area contributed by atoms with Crippen molar-refractivity contribution >= 4 is 17.0 Å². The second-order valence-electron chi connectivity index (χ2n) is 7.93. The first kappa shape index (κ1) is 19.6. The molecule has 30 heavy (non-hydrogen) atoms. The van der Waals surface area contributed by atoms with E-state index in [1.54, 1.807) is 0 Å². The molecule has 3 heterocycles. The van der Waals surface area contributed by atoms with E-state index in [-0.39, 0.29) is 0 Å². The molecule has 0 radical (unpaired) electrons. The fourth-order valence-corrected chi connectivity index (χ4v) is 5.52. The molecule has 1 aliphatic heterocycles. The summed E-state index contributed by atoms with van der Waals surface area (Å²) >= 11 is 1.82. The number of nitrogens with zero attached hydrogens (tertiary/aromatic N) is 4. The molecular formula is C23H28N4O2S. The Hall–Kier alpha value is -2.38. The molecule has 0 bridgehead atoms. The van der Waals surface area contributed by atoms with Crippen molar-refractivity contribution in [2.24, 2.45) is 0 Å². The first-order valence-corrected chi connectivity index (χ1v) is 11.8. The highest BCUT2D eigenvalue weighted by molar-refractivity contribution is 7.15. The lowest BCUT2D eigenvalue weighted by molar-refractivity contribution is 0.226. The Morgan fingerprint density at radius 1 is 1.07 bits per heavy atom. The van der Waals surface area contributed by atoms with Crippen molar-refractivity contribution < 1.29 is 9.15 Å². The average Bonchev–Trinajstić information content (AvgIpc) is 3.42. The highest BCUT2D eigenvalue weighted by Gasteiger charge is 2.22. The molecule has 0 amide bonds. The highest BCUT2D eigenvalue weighted by atomic mass is 32.1. The summed E-state index contributed by atoms with van der Waals surface area (Å²) in [5.74, 6) is 2.35. The zero-order valence-corrected chi connectivity index (χ0v) is 18.3. The number of anilines is 1. The maximum Gasteiger partial charge on any atom is 0.257 e. The minimum Gasteiger partial charge on any atom is -0.492 e. The third-order valence-electron chi connectivity index (χ3n) is 5.91. The molecule has 1 aromatic carbocycles. The predicted octanol–water partition coefficient (Wildman–Crippen LogP) is 4.40. The van der Waals surface area contributed by atoms with E-state index in [4.69, 9.17) is 9.15 Å². The monoisotopic (exact) mass is 424 g/mol. The molecule has 3 aromatic rings. The summed E-state index contributed by atoms with van der Waals surface area (Å²) in [6.07, 6.45) is 4.96. The topological polar surface area (TPSA) is 54.6 Å². The van der Waals surface area contributed by atoms with Crippen molar-refractivity contribution in [3.8, 4) is 16.5 Å². The quantitative estimate of drug-likeness (QED) is 0.585. The first-order valence-electron chi connectivity index (χ1n) is 10.9. The van der Waals surface area contributed by atoms with Crippen molar-refractivity contribution in [1.29, 1.82) is 0 Å². The Kier molecular flexibility index (Phi) is 5.73. The van der Waals surface area contributed by atoms with Gasteiger partial charge in [-0.3, -0.25) is 4.90 Å². The Morgan fingerprint density at radius 2 is 1.90 bits per heavy atom. The van der Waals surface area contributed by atoms with E-state index in [0.717, 1.165) is 36.8 Å². The maximum atomic E-state index is 6.03. The molecule has 0 spiro atoms. The van der Waals surface area contributed by atoms with Crippen LogP contribution in [-0.2, 0) is 19.4 Å². The molecule has 1 aliphatic carbocycles. The molecule has 1 saturated heterocycles. The number of fused-ring (bicyclic) bond motifs is 1. The SMILES string of the molecule is CCOc1ccccc1N1CCN(Cc2nnc(-c3cc4c(s3)CCCC4)o2)CC1. The van der Waals surface area contributed by atoms with Crippen LogP contribution >= 0.6 is 11.3 Å². The molecule has 158 valence electrons. The normalized spacial score (nSPS) is 17.2. The van der Waals surface area contributed by atoms with Gasteiger partial charge in [0, 0.05) is 31.1 Å². The highest BCUT2D eigenvalue weighted by Crippen LogP contribution is 2.35. The first-order chi connectivity index (χ1) is 14.8. The summed E-state index contributed by atoms with van der Waals surface area (Å²) in [4.78, 5) is 7.41. The molecule has 0 saturated carbocycles. The van der Waals surface area contributed by atoms with Gasteiger partial charge in [-0.2, -0.15) is 0 Å². The van der Waals surface area contributed by atoms with E-state index in [0.29, 0.717) is 24.9 Å². The fourth-order valence-electron chi connectivity index (χ4n) is 4.35. The van der Waals surface area contributed by atoms with Gasteiger partial charge < -0.3 is 14.1 Å². The number of thiophene rings is 1. The number of para-hydroxylation sites is 2. The average molecular weight is 425 g/mol. The molecule has 0 atom stereocenters. The van der Waals surface area contributed by atoms with Gasteiger partial charge in [0.25, 0.3) is 5.89 Å². The third-order valence-corrected chi connectivity index (χ3v) is 7.14. The number of benzene rings is 1. The zero-order chi connectivity index (χ0) is 20.3. The Balaban J connectivity index is 1.20. The third kappa shape index (κ3) is 4.09. The molecule has 1 fully saturated rings. The largest absolute Gasteiger partial charge is 0.492 e. The molecule has 2 aliphatic rings. The van der Waals surface area contributed by atoms with Crippen LogP contribution in [0.15, 0.2) is 34.7 Å². The summed E-state index contributed by atoms with van der Waals surface area (Å²) in [6, 6.07) is 10.6. The number of hydrogen-bond donors (Lipinski definition) is 0. The minimum absolute atomic E-state index is 0.675. The molecule has 2 aromatic heterocycles. The lowest BCUT2D eigenvalue weighted by Crippen LogP contribution is -2.46. The van der Waals surface area contributed by atoms with E-state index in [9.17, 15) is 0 Å². The summed E-state index contributed by atoms with van der Waals surface area (Å²) < 4.78 is 11.8. The van der Waals surface area contributed by atoms with E-state index in [1.807, 2.05) is 30.4 Å². The van der Waals surface area contributed by atoms with Gasteiger partial charge in [-0.1, -0.05) is 12.1 Å². The Labute approximate surface area is 181 Å². The molecule has 0 N–H and O–H groups in total. The van der Waals surface area contributed by atoms with Crippen LogP contribution in [0.3, 0.4) is 0 Å². The Bertz CT molecular complexity index is 967. The molecule has 6 nitrogen and oxygen atoms in total. The minimum atomic E-state index is 0.675. The maximum absolute atomic E-state index is 6.03. The predicted molar refractivity (Wildman–Crippen MR) is 119 cm³/mol. The van der Waals surface area contributed by atoms with Crippen LogP contribution in [0, 0.1) is 0 Å². The van der Waals surface area contributed by atoms with E-state index in [1.165, 1.54) is 41.8 Å². The van der Waals surface area contributed by atoms with Crippen LogP contribution in [0.4, 0.5) is 5.69 Å². The van der Waals surface area contributed by atoms with Crippen LogP contribution in [0.1, 0.15) is 36.1 Å². The molecular weight excluding hydrogens is 396 g/mol. The van der Waals surface area contributed by atoms with Gasteiger partial charge in [-0.05, 0) is 56.4 Å². The van der Waals surface area contributed by atoms with E-state index in [2.05, 4.69) is 38.2 Å². The summed E-state index contributed by atoms with van der Waals surface area (Å²) in [6.45, 7) is 7.27. The second kappa shape index (κ2) is 8.78. The standard InChI is InChI=1S/C23H28N4O2S/c1-2-28-19-9-5-4-8-18(19)27-13-11-26(12-14-27)16-22-24-25-23(29-22)21-15-17-7-3-6-10-20(17)30-21/h4-5,8-9,15H,2-3,6-7,10-14,16H2,1H3. The summed E-state index contributed by atoms with van der Waals surface area (Å²) in [5.41, 5.74) is 2.66. The van der Waals surface area contributed by atoms with Gasteiger partial charge in [0.2, 0.25) is 5.89 Å². The van der Waals surface area contributed by atoms with Gasteiger partial charge >= 0.3 is 0 Å². The second-order valence-corrected chi connectivity index (χ2v) is 9.07. The fraction of sp³-hybridized carbons (Fsp3) is 0.478. The molecule has 7 heteroatoms. The van der Waals surface area contributed by atoms with Gasteiger partial charge in [0.05, 0.1) is 23.7 Å². The number of aromatic nitrogens is 2. The zero-order valence-electron chi connectivity index (χ0n) is 17.5. The van der Waals surface area contributed by atoms with Crippen LogP contribution in [-0.4, -0.2) is 47.9 Å². The summed E-state index contributed by atoms with van der Waals surface area (Å²) in [5, 5.41) is 8.65. The van der Waals surface area contributed by atoms with Crippen LogP contribution in [0.25, 0.3) is 10.8 Å². The van der Waals surface area contributed by atoms with Gasteiger partial charge in [-0.15, -0.1) is 21.5 Å². The Morgan fingerprint density at radius 3 is 2.73 bits per heavy atom. The van der Waals surface area contributed by atoms with Crippen molar-refractivity contribution in [2.75, 3.05) is 37.7 Å². The van der Waals surface area contributed by atoms with Gasteiger partial charge in [-0.25, -0.2) is 0 Å². The smallest absolute Gasteiger partial charge is 0.257 e. The van der Waals surface area contributed by atoms with Crippen molar-refractivity contribution in [3.05, 3.63) is 46.7 Å². The lowest BCUT2D eigenvalue weighted by atomic mass is 9.99. The van der Waals surface area contributed by atoms with Crippen molar-refractivity contribution in [1.82, 2.24) is 15.1 Å². The number of ether oxygens (including phenoxy) is 1. The van der Waals surface area contributed by atoms with Crippen molar-refractivity contribution in [2.45, 2.75) is 39.2 Å². The number of hydrogen-bond acceptors (Lipinski definition) is 7. The van der Waals surface area contributed by atoms with Gasteiger partial charge in [0.1, 0.15) is 5.75 Å². The molecule has 5 rings (SSSR count).